The number of hydrogen-bond donors (Lipinski definition) is 1. The van der Waals surface area contributed by atoms with Crippen LogP contribution in [-0.4, -0.2) is 62.8 Å². The van der Waals surface area contributed by atoms with Crippen LogP contribution in [0.5, 0.6) is 0 Å². The molecule has 1 atom stereocenters. The molecule has 0 amide bonds. The van der Waals surface area contributed by atoms with Gasteiger partial charge in [-0.1, -0.05) is 19.8 Å². The number of methoxy groups -OCH3 is 1. The highest BCUT2D eigenvalue weighted by atomic mass is 32.2. The van der Waals surface area contributed by atoms with Crippen LogP contribution in [0, 0.1) is 11.3 Å². The molecule has 0 aromatic heterocycles. The molecule has 0 bridgehead atoms. The topological polar surface area (TPSA) is 24.5 Å². The number of ether oxygens (including phenoxy) is 1. The van der Waals surface area contributed by atoms with Crippen LogP contribution < -0.4 is 5.32 Å². The average molecular weight is 315 g/mol. The Morgan fingerprint density at radius 1 is 1.29 bits per heavy atom. The van der Waals surface area contributed by atoms with E-state index in [2.05, 4.69) is 35.9 Å². The van der Waals surface area contributed by atoms with Crippen molar-refractivity contribution in [1.82, 2.24) is 10.2 Å². The Morgan fingerprint density at radius 3 is 2.67 bits per heavy atom. The number of hydrogen-bond acceptors (Lipinski definition) is 4. The molecule has 1 N–H and O–H groups in total. The van der Waals surface area contributed by atoms with Gasteiger partial charge in [-0.2, -0.15) is 11.8 Å². The van der Waals surface area contributed by atoms with Gasteiger partial charge >= 0.3 is 0 Å². The van der Waals surface area contributed by atoms with Crippen LogP contribution in [0.25, 0.3) is 0 Å². The lowest BCUT2D eigenvalue weighted by molar-refractivity contribution is 0.0811. The van der Waals surface area contributed by atoms with E-state index in [0.29, 0.717) is 5.41 Å². The summed E-state index contributed by atoms with van der Waals surface area (Å²) in [6.07, 6.45) is 6.96. The zero-order chi connectivity index (χ0) is 15.1. The molecular weight excluding hydrogens is 280 g/mol. The van der Waals surface area contributed by atoms with Crippen molar-refractivity contribution in [2.45, 2.75) is 45.1 Å². The lowest BCUT2D eigenvalue weighted by Gasteiger charge is -2.43. The zero-order valence-corrected chi connectivity index (χ0v) is 15.0. The van der Waals surface area contributed by atoms with Gasteiger partial charge < -0.3 is 15.0 Å². The second-order valence-corrected chi connectivity index (χ2v) is 8.43. The Bertz CT molecular complexity index is 287. The molecule has 0 radical (unpaired) electrons. The SMILES string of the molecule is COCCNCC1(CN(C)C2CCSC2)CCC(C)CC1. The van der Waals surface area contributed by atoms with E-state index < -0.39 is 0 Å². The first-order valence-corrected chi connectivity index (χ1v) is 9.78. The van der Waals surface area contributed by atoms with E-state index in [9.17, 15) is 0 Å². The summed E-state index contributed by atoms with van der Waals surface area (Å²) < 4.78 is 5.17. The van der Waals surface area contributed by atoms with Gasteiger partial charge in [-0.15, -0.1) is 0 Å². The fourth-order valence-electron chi connectivity index (χ4n) is 3.82. The van der Waals surface area contributed by atoms with E-state index in [0.717, 1.165) is 31.7 Å². The molecule has 1 unspecified atom stereocenters. The van der Waals surface area contributed by atoms with Crippen molar-refractivity contribution in [2.75, 3.05) is 51.9 Å². The fraction of sp³-hybridized carbons (Fsp3) is 1.00. The quantitative estimate of drug-likeness (QED) is 0.696. The van der Waals surface area contributed by atoms with E-state index in [1.807, 2.05) is 0 Å². The van der Waals surface area contributed by atoms with Crippen LogP contribution in [0.1, 0.15) is 39.0 Å². The van der Waals surface area contributed by atoms with Crippen molar-refractivity contribution in [3.05, 3.63) is 0 Å². The normalized spacial score (nSPS) is 33.7. The van der Waals surface area contributed by atoms with Crippen molar-refractivity contribution >= 4 is 11.8 Å². The standard InChI is InChI=1S/C17H34N2OS/c1-15-4-7-17(8-5-15,13-18-9-10-20-3)14-19(2)16-6-11-21-12-16/h15-16,18H,4-14H2,1-3H3. The minimum Gasteiger partial charge on any atom is -0.383 e. The average Bonchev–Trinajstić information content (AvgIpc) is 3.01. The van der Waals surface area contributed by atoms with E-state index in [1.54, 1.807) is 7.11 Å². The second kappa shape index (κ2) is 8.76. The highest BCUT2D eigenvalue weighted by Crippen LogP contribution is 2.39. The summed E-state index contributed by atoms with van der Waals surface area (Å²) in [6, 6.07) is 0.810. The molecular formula is C17H34N2OS. The van der Waals surface area contributed by atoms with E-state index in [4.69, 9.17) is 4.74 Å². The van der Waals surface area contributed by atoms with Crippen molar-refractivity contribution in [3.8, 4) is 0 Å². The molecule has 3 nitrogen and oxygen atoms in total. The number of thioether (sulfide) groups is 1. The van der Waals surface area contributed by atoms with E-state index in [1.165, 1.54) is 50.2 Å². The first-order valence-electron chi connectivity index (χ1n) is 8.63. The van der Waals surface area contributed by atoms with E-state index in [-0.39, 0.29) is 0 Å². The van der Waals surface area contributed by atoms with Gasteiger partial charge in [-0.05, 0) is 43.4 Å². The van der Waals surface area contributed by atoms with Gasteiger partial charge in [-0.25, -0.2) is 0 Å². The largest absolute Gasteiger partial charge is 0.383 e. The second-order valence-electron chi connectivity index (χ2n) is 7.28. The third-order valence-electron chi connectivity index (χ3n) is 5.43. The molecule has 1 aliphatic carbocycles. The van der Waals surface area contributed by atoms with Crippen molar-refractivity contribution in [2.24, 2.45) is 11.3 Å². The summed E-state index contributed by atoms with van der Waals surface area (Å²) in [5, 5.41) is 3.65. The summed E-state index contributed by atoms with van der Waals surface area (Å²) in [5.74, 6) is 3.61. The smallest absolute Gasteiger partial charge is 0.0587 e. The molecule has 2 aliphatic rings. The van der Waals surface area contributed by atoms with E-state index >= 15 is 0 Å². The Hall–Kier alpha value is 0.230. The molecule has 2 rings (SSSR count). The maximum atomic E-state index is 5.17. The molecule has 0 spiro atoms. The molecule has 1 aliphatic heterocycles. The summed E-state index contributed by atoms with van der Waals surface area (Å²) in [4.78, 5) is 2.66. The summed E-state index contributed by atoms with van der Waals surface area (Å²) >= 11 is 2.12. The monoisotopic (exact) mass is 314 g/mol. The molecule has 0 aromatic rings. The number of nitrogens with one attached hydrogen (secondary N) is 1. The lowest BCUT2D eigenvalue weighted by atomic mass is 9.70. The highest BCUT2D eigenvalue weighted by Gasteiger charge is 2.36. The van der Waals surface area contributed by atoms with Crippen molar-refractivity contribution in [3.63, 3.8) is 0 Å². The fourth-order valence-corrected chi connectivity index (χ4v) is 5.12. The van der Waals surface area contributed by atoms with Gasteiger partial charge in [0.25, 0.3) is 0 Å². The molecule has 124 valence electrons. The third kappa shape index (κ3) is 5.42. The van der Waals surface area contributed by atoms with Gasteiger partial charge in [0.2, 0.25) is 0 Å². The maximum Gasteiger partial charge on any atom is 0.0587 e. The minimum atomic E-state index is 0.488. The van der Waals surface area contributed by atoms with Gasteiger partial charge in [0.15, 0.2) is 0 Å². The van der Waals surface area contributed by atoms with Crippen LogP contribution in [0.3, 0.4) is 0 Å². The van der Waals surface area contributed by atoms with Crippen molar-refractivity contribution < 1.29 is 4.74 Å². The van der Waals surface area contributed by atoms with Gasteiger partial charge in [0.1, 0.15) is 0 Å². The molecule has 1 heterocycles. The van der Waals surface area contributed by atoms with Crippen LogP contribution in [-0.2, 0) is 4.74 Å². The molecule has 1 saturated heterocycles. The van der Waals surface area contributed by atoms with Crippen molar-refractivity contribution in [1.29, 1.82) is 0 Å². The first kappa shape index (κ1) is 17.6. The lowest BCUT2D eigenvalue weighted by Crippen LogP contribution is -2.48. The van der Waals surface area contributed by atoms with Gasteiger partial charge in [0.05, 0.1) is 6.61 Å². The summed E-state index contributed by atoms with van der Waals surface area (Å²) in [5.41, 5.74) is 0.488. The minimum absolute atomic E-state index is 0.488. The number of nitrogens with zero attached hydrogens (tertiary/aromatic N) is 1. The predicted molar refractivity (Wildman–Crippen MR) is 93.2 cm³/mol. The van der Waals surface area contributed by atoms with Gasteiger partial charge in [-0.3, -0.25) is 0 Å². The molecule has 4 heteroatoms. The van der Waals surface area contributed by atoms with Crippen LogP contribution >= 0.6 is 11.8 Å². The molecule has 1 saturated carbocycles. The summed E-state index contributed by atoms with van der Waals surface area (Å²) in [7, 11) is 4.14. The Morgan fingerprint density at radius 2 is 2.05 bits per heavy atom. The Labute approximate surface area is 135 Å². The predicted octanol–water partition coefficient (Wildman–Crippen LogP) is 2.86. The molecule has 0 aromatic carbocycles. The van der Waals surface area contributed by atoms with Crippen LogP contribution in [0.2, 0.25) is 0 Å². The molecule has 21 heavy (non-hydrogen) atoms. The van der Waals surface area contributed by atoms with Crippen LogP contribution in [0.4, 0.5) is 0 Å². The maximum absolute atomic E-state index is 5.17. The number of rotatable bonds is 8. The zero-order valence-electron chi connectivity index (χ0n) is 14.2. The molecule has 2 fully saturated rings. The Kier molecular flexibility index (Phi) is 7.33. The Balaban J connectivity index is 1.87. The summed E-state index contributed by atoms with van der Waals surface area (Å²) in [6.45, 7) is 6.65. The third-order valence-corrected chi connectivity index (χ3v) is 6.58. The highest BCUT2D eigenvalue weighted by molar-refractivity contribution is 7.99. The van der Waals surface area contributed by atoms with Gasteiger partial charge in [0, 0.05) is 38.5 Å². The van der Waals surface area contributed by atoms with Crippen LogP contribution in [0.15, 0.2) is 0 Å². The first-order chi connectivity index (χ1) is 10.2.